The van der Waals surface area contributed by atoms with E-state index in [-0.39, 0.29) is 19.3 Å². The SMILES string of the molecule is CN(C)C1(c2ccccc2)CCC2(CC1)c1[nH]c3ccccc3c1CC1OC(=O)CC3(O)CC(=O)OS12(=O)OC3=O. The first-order chi connectivity index (χ1) is 19.4. The number of ether oxygens (including phenoxy) is 1. The second kappa shape index (κ2) is 8.27. The maximum Gasteiger partial charge on any atom is 0.354 e. The summed E-state index contributed by atoms with van der Waals surface area (Å²) in [6, 6.07) is 17.6. The molecule has 11 heteroatoms. The Morgan fingerprint density at radius 3 is 2.27 bits per heavy atom. The van der Waals surface area contributed by atoms with E-state index < -0.39 is 61.7 Å². The third-order valence-corrected chi connectivity index (χ3v) is 14.0. The van der Waals surface area contributed by atoms with Crippen LogP contribution in [0, 0.1) is 0 Å². The zero-order chi connectivity index (χ0) is 28.9. The van der Waals surface area contributed by atoms with Crippen molar-refractivity contribution in [3.05, 3.63) is 71.4 Å². The first-order valence-corrected chi connectivity index (χ1v) is 15.7. The first kappa shape index (κ1) is 26.4. The summed E-state index contributed by atoms with van der Waals surface area (Å²) in [5.41, 5.74) is -1.37. The largest absolute Gasteiger partial charge is 0.443 e. The van der Waals surface area contributed by atoms with Crippen LogP contribution in [0.25, 0.3) is 10.9 Å². The summed E-state index contributed by atoms with van der Waals surface area (Å²) >= 11 is 0. The number of fused-ring (bicyclic) bond motifs is 6. The molecule has 2 bridgehead atoms. The Hall–Kier alpha value is -3.54. The van der Waals surface area contributed by atoms with Gasteiger partial charge in [-0.25, -0.2) is 9.00 Å². The van der Waals surface area contributed by atoms with Crippen molar-refractivity contribution in [2.24, 2.45) is 0 Å². The van der Waals surface area contributed by atoms with Crippen LogP contribution in [-0.2, 0) is 53.8 Å². The van der Waals surface area contributed by atoms with Crippen LogP contribution in [-0.4, -0.2) is 62.2 Å². The number of hydrogen-bond donors (Lipinski definition) is 2. The number of aromatic nitrogens is 1. The predicted octanol–water partition coefficient (Wildman–Crippen LogP) is 3.09. The van der Waals surface area contributed by atoms with Gasteiger partial charge >= 0.3 is 17.9 Å². The summed E-state index contributed by atoms with van der Waals surface area (Å²) in [4.78, 5) is 45.6. The number of carbonyl (C=O) groups excluding carboxylic acids is 3. The highest BCUT2D eigenvalue weighted by atomic mass is 32.3. The van der Waals surface area contributed by atoms with Crippen LogP contribution < -0.4 is 0 Å². The van der Waals surface area contributed by atoms with Crippen molar-refractivity contribution in [1.82, 2.24) is 9.88 Å². The van der Waals surface area contributed by atoms with Gasteiger partial charge in [0.25, 0.3) is 0 Å². The third-order valence-electron chi connectivity index (χ3n) is 9.85. The van der Waals surface area contributed by atoms with Crippen LogP contribution in [0.1, 0.15) is 55.3 Å². The summed E-state index contributed by atoms with van der Waals surface area (Å²) < 4.78 is 32.1. The van der Waals surface area contributed by atoms with Gasteiger partial charge in [0.1, 0.15) is 4.75 Å². The minimum Gasteiger partial charge on any atom is -0.443 e. The predicted molar refractivity (Wildman–Crippen MR) is 148 cm³/mol. The standard InChI is InChI=1S/C30H32N2O8S/c1-32(2)28(19-8-4-3-5-9-19)12-14-30(15-13-28)26-21(20-10-6-7-11-22(20)31-26)16-25-38-23(33)17-29(36)18-24(34)39-41(25,30,37)40-27(29)35/h3-11,25,31,36H,12-18H2,1-2H3. The van der Waals surface area contributed by atoms with E-state index in [0.29, 0.717) is 18.5 Å². The number of para-hydroxylation sites is 1. The molecule has 0 radical (unpaired) electrons. The van der Waals surface area contributed by atoms with E-state index in [1.807, 2.05) is 56.6 Å². The van der Waals surface area contributed by atoms with Gasteiger partial charge in [-0.1, -0.05) is 48.5 Å². The van der Waals surface area contributed by atoms with Crippen molar-refractivity contribution in [1.29, 1.82) is 0 Å². The van der Waals surface area contributed by atoms with Gasteiger partial charge in [0.05, 0.1) is 12.8 Å². The second-order valence-corrected chi connectivity index (χ2v) is 15.4. The Morgan fingerprint density at radius 1 is 0.902 bits per heavy atom. The molecule has 1 aliphatic carbocycles. The van der Waals surface area contributed by atoms with Crippen molar-refractivity contribution in [2.75, 3.05) is 14.1 Å². The molecule has 3 fully saturated rings. The zero-order valence-electron chi connectivity index (χ0n) is 22.9. The van der Waals surface area contributed by atoms with E-state index in [0.717, 1.165) is 22.0 Å². The Morgan fingerprint density at radius 2 is 1.56 bits per heavy atom. The molecule has 41 heavy (non-hydrogen) atoms. The van der Waals surface area contributed by atoms with Crippen LogP contribution in [0.4, 0.5) is 0 Å². The van der Waals surface area contributed by atoms with Gasteiger partial charge in [0.2, 0.25) is 15.1 Å². The van der Waals surface area contributed by atoms with Crippen molar-refractivity contribution in [3.8, 4) is 0 Å². The Labute approximate surface area is 236 Å². The number of esters is 1. The summed E-state index contributed by atoms with van der Waals surface area (Å²) in [5, 5.41) is 12.0. The zero-order valence-corrected chi connectivity index (χ0v) is 23.7. The Bertz CT molecular complexity index is 1690. The van der Waals surface area contributed by atoms with Gasteiger partial charge in [0, 0.05) is 28.6 Å². The fourth-order valence-corrected chi connectivity index (χ4v) is 11.8. The fourth-order valence-electron chi connectivity index (χ4n) is 7.68. The third kappa shape index (κ3) is 3.25. The molecule has 2 atom stereocenters. The highest BCUT2D eigenvalue weighted by Crippen LogP contribution is 2.67. The number of aliphatic hydroxyl groups is 1. The highest BCUT2D eigenvalue weighted by molar-refractivity contribution is 8.13. The molecule has 2 spiro atoms. The normalized spacial score (nSPS) is 34.7. The number of carbonyl (C=O) groups is 3. The lowest BCUT2D eigenvalue weighted by atomic mass is 9.70. The Balaban J connectivity index is 1.51. The first-order valence-electron chi connectivity index (χ1n) is 13.8. The average molecular weight is 581 g/mol. The van der Waals surface area contributed by atoms with Crippen LogP contribution in [0.3, 0.4) is 0 Å². The number of nitrogens with zero attached hydrogens (tertiary/aromatic N) is 1. The van der Waals surface area contributed by atoms with Gasteiger partial charge in [-0.2, -0.15) is 0 Å². The van der Waals surface area contributed by atoms with E-state index in [4.69, 9.17) is 13.1 Å². The lowest BCUT2D eigenvalue weighted by molar-refractivity contribution is -0.170. The average Bonchev–Trinajstić information content (AvgIpc) is 3.28. The van der Waals surface area contributed by atoms with Crippen molar-refractivity contribution < 1.29 is 36.8 Å². The highest BCUT2D eigenvalue weighted by Gasteiger charge is 2.76. The molecule has 7 rings (SSSR count). The summed E-state index contributed by atoms with van der Waals surface area (Å²) in [6.07, 6.45) is -0.457. The van der Waals surface area contributed by atoms with Crippen molar-refractivity contribution in [3.63, 3.8) is 0 Å². The molecule has 0 amide bonds. The smallest absolute Gasteiger partial charge is 0.354 e. The van der Waals surface area contributed by atoms with Crippen LogP contribution in [0.5, 0.6) is 0 Å². The van der Waals surface area contributed by atoms with Gasteiger partial charge in [-0.05, 0) is 57.0 Å². The minimum absolute atomic E-state index is 0.0886. The van der Waals surface area contributed by atoms with E-state index in [9.17, 15) is 19.5 Å². The van der Waals surface area contributed by atoms with Crippen molar-refractivity contribution in [2.45, 2.75) is 66.3 Å². The van der Waals surface area contributed by atoms with Gasteiger partial charge < -0.3 is 23.2 Å². The monoisotopic (exact) mass is 580 g/mol. The molecule has 2 N–H and O–H groups in total. The molecule has 1 aromatic heterocycles. The van der Waals surface area contributed by atoms with Crippen LogP contribution in [0.15, 0.2) is 54.6 Å². The molecule has 2 saturated heterocycles. The molecule has 4 heterocycles. The Kier molecular flexibility index (Phi) is 5.32. The number of hydrogen-bond acceptors (Lipinski definition) is 9. The van der Waals surface area contributed by atoms with E-state index in [2.05, 4.69) is 22.0 Å². The van der Waals surface area contributed by atoms with Gasteiger partial charge in [-0.15, -0.1) is 0 Å². The summed E-state index contributed by atoms with van der Waals surface area (Å²) in [5.74, 6) is -3.30. The fraction of sp³-hybridized carbons (Fsp3) is 0.433. The van der Waals surface area contributed by atoms with Crippen LogP contribution in [0.2, 0.25) is 0 Å². The molecule has 2 unspecified atom stereocenters. The number of nitrogens with one attached hydrogen (secondary N) is 1. The molecule has 3 aromatic rings. The number of benzene rings is 2. The number of aromatic amines is 1. The summed E-state index contributed by atoms with van der Waals surface area (Å²) in [6.45, 7) is 0. The topological polar surface area (TPSA) is 135 Å². The maximum absolute atomic E-state index is 16.1. The maximum atomic E-state index is 16.1. The lowest BCUT2D eigenvalue weighted by Crippen LogP contribution is -2.70. The van der Waals surface area contributed by atoms with E-state index in [1.54, 1.807) is 0 Å². The summed E-state index contributed by atoms with van der Waals surface area (Å²) in [7, 11) is -1.50. The molecule has 216 valence electrons. The quantitative estimate of drug-likeness (QED) is 0.439. The molecular weight excluding hydrogens is 548 g/mol. The molecular formula is C30H32N2O8S. The molecule has 3 aliphatic heterocycles. The molecule has 2 aromatic carbocycles. The van der Waals surface area contributed by atoms with Gasteiger partial charge in [-0.3, -0.25) is 14.5 Å². The molecule has 1 saturated carbocycles. The molecule has 10 nitrogen and oxygen atoms in total. The number of rotatable bonds is 2. The lowest BCUT2D eigenvalue weighted by Gasteiger charge is -2.61. The second-order valence-electron chi connectivity index (χ2n) is 12.0. The number of H-pyrrole nitrogens is 1. The minimum atomic E-state index is -5.49. The molecule has 4 aliphatic rings. The van der Waals surface area contributed by atoms with Crippen molar-refractivity contribution >= 4 is 38.4 Å². The van der Waals surface area contributed by atoms with E-state index >= 15 is 4.21 Å². The van der Waals surface area contributed by atoms with Gasteiger partial charge in [0.15, 0.2) is 5.60 Å². The van der Waals surface area contributed by atoms with Crippen LogP contribution >= 0.6 is 0 Å². The van der Waals surface area contributed by atoms with E-state index in [1.165, 1.54) is 0 Å².